The molecule has 3 nitrogen and oxygen atoms in total. The van der Waals surface area contributed by atoms with E-state index in [0.29, 0.717) is 6.42 Å². The summed E-state index contributed by atoms with van der Waals surface area (Å²) in [7, 11) is 0. The van der Waals surface area contributed by atoms with Crippen LogP contribution in [0.15, 0.2) is 22.0 Å². The van der Waals surface area contributed by atoms with Crippen molar-refractivity contribution in [1.29, 1.82) is 0 Å². The van der Waals surface area contributed by atoms with Crippen molar-refractivity contribution >= 4 is 5.78 Å². The molecule has 0 amide bonds. The van der Waals surface area contributed by atoms with Gasteiger partial charge < -0.3 is 0 Å². The molecule has 3 heteroatoms. The van der Waals surface area contributed by atoms with Gasteiger partial charge >= 0.3 is 0 Å². The first kappa shape index (κ1) is 9.10. The monoisotopic (exact) mass is 166 g/mol. The minimum atomic E-state index is -0.0000926. The summed E-state index contributed by atoms with van der Waals surface area (Å²) in [6.45, 7) is 5.71. The van der Waals surface area contributed by atoms with Crippen molar-refractivity contribution in [3.05, 3.63) is 11.8 Å². The highest BCUT2D eigenvalue weighted by Gasteiger charge is 2.16. The van der Waals surface area contributed by atoms with Crippen LogP contribution in [-0.2, 0) is 4.79 Å². The summed E-state index contributed by atoms with van der Waals surface area (Å²) in [5.74, 6) is 0.361. The van der Waals surface area contributed by atoms with Crippen LogP contribution in [0.2, 0.25) is 0 Å². The van der Waals surface area contributed by atoms with Gasteiger partial charge in [0.2, 0.25) is 0 Å². The van der Waals surface area contributed by atoms with E-state index in [1.807, 2.05) is 26.8 Å². The van der Waals surface area contributed by atoms with Crippen molar-refractivity contribution in [3.8, 4) is 0 Å². The van der Waals surface area contributed by atoms with E-state index in [4.69, 9.17) is 0 Å². The predicted octanol–water partition coefficient (Wildman–Crippen LogP) is 2.34. The zero-order chi connectivity index (χ0) is 9.14. The Morgan fingerprint density at radius 2 is 2.33 bits per heavy atom. The van der Waals surface area contributed by atoms with E-state index in [-0.39, 0.29) is 17.7 Å². The molecule has 1 heterocycles. The Hall–Kier alpha value is -0.990. The highest BCUT2D eigenvalue weighted by Crippen LogP contribution is 2.16. The Balaban J connectivity index is 2.44. The van der Waals surface area contributed by atoms with Crippen LogP contribution in [0.25, 0.3) is 0 Å². The lowest BCUT2D eigenvalue weighted by atomic mass is 10.0. The summed E-state index contributed by atoms with van der Waals surface area (Å²) >= 11 is 0. The molecular formula is C9H14N2O. The molecule has 1 unspecified atom stereocenters. The molecule has 0 aromatic rings. The Kier molecular flexibility index (Phi) is 2.74. The number of hydrogen-bond acceptors (Lipinski definition) is 3. The van der Waals surface area contributed by atoms with Crippen LogP contribution in [0.5, 0.6) is 0 Å². The minimum absolute atomic E-state index is 0.0000926. The average Bonchev–Trinajstić information content (AvgIpc) is 2.35. The fourth-order valence-corrected chi connectivity index (χ4v) is 1.05. The maximum absolute atomic E-state index is 11.3. The molecule has 1 aliphatic heterocycles. The van der Waals surface area contributed by atoms with Crippen LogP contribution in [0.4, 0.5) is 0 Å². The molecule has 66 valence electrons. The van der Waals surface area contributed by atoms with Crippen molar-refractivity contribution in [3.63, 3.8) is 0 Å². The van der Waals surface area contributed by atoms with Crippen LogP contribution in [-0.4, -0.2) is 11.8 Å². The maximum Gasteiger partial charge on any atom is 0.137 e. The summed E-state index contributed by atoms with van der Waals surface area (Å²) in [4.78, 5) is 11.3. The third-order valence-electron chi connectivity index (χ3n) is 1.85. The number of allylic oxidation sites excluding steroid dienone is 1. The fraction of sp³-hybridized carbons (Fsp3) is 0.667. The van der Waals surface area contributed by atoms with E-state index < -0.39 is 0 Å². The van der Waals surface area contributed by atoms with Gasteiger partial charge in [-0.15, -0.1) is 0 Å². The molecule has 0 radical (unpaired) electrons. The highest BCUT2D eigenvalue weighted by molar-refractivity contribution is 5.81. The van der Waals surface area contributed by atoms with Crippen molar-refractivity contribution in [2.75, 3.05) is 0 Å². The molecule has 0 saturated heterocycles. The second-order valence-electron chi connectivity index (χ2n) is 3.42. The minimum Gasteiger partial charge on any atom is -0.299 e. The van der Waals surface area contributed by atoms with Gasteiger partial charge in [-0.05, 0) is 13.0 Å². The predicted molar refractivity (Wildman–Crippen MR) is 46.9 cm³/mol. The van der Waals surface area contributed by atoms with Crippen molar-refractivity contribution in [2.24, 2.45) is 16.1 Å². The van der Waals surface area contributed by atoms with Gasteiger partial charge in [0.1, 0.15) is 5.78 Å². The molecule has 0 aromatic heterocycles. The number of ketones is 1. The third kappa shape index (κ3) is 2.26. The smallest absolute Gasteiger partial charge is 0.137 e. The second kappa shape index (κ2) is 3.61. The molecule has 1 aliphatic rings. The summed E-state index contributed by atoms with van der Waals surface area (Å²) in [5, 5.41) is 7.81. The van der Waals surface area contributed by atoms with Gasteiger partial charge in [-0.1, -0.05) is 13.8 Å². The maximum atomic E-state index is 11.3. The summed E-state index contributed by atoms with van der Waals surface area (Å²) < 4.78 is 0. The Labute approximate surface area is 72.6 Å². The van der Waals surface area contributed by atoms with Crippen LogP contribution in [0, 0.1) is 5.92 Å². The van der Waals surface area contributed by atoms with Crippen LogP contribution < -0.4 is 0 Å². The summed E-state index contributed by atoms with van der Waals surface area (Å²) in [5.41, 5.74) is 0.913. The van der Waals surface area contributed by atoms with Crippen LogP contribution >= 0.6 is 0 Å². The standard InChI is InChI=1S/C9H14N2O/c1-6(2)9(12)5-8-4-7(3)10-11-8/h4,6,8H,5H2,1-3H3. The van der Waals surface area contributed by atoms with Gasteiger partial charge in [-0.3, -0.25) is 4.79 Å². The van der Waals surface area contributed by atoms with E-state index in [0.717, 1.165) is 5.70 Å². The van der Waals surface area contributed by atoms with E-state index >= 15 is 0 Å². The van der Waals surface area contributed by atoms with E-state index in [9.17, 15) is 4.79 Å². The number of Topliss-reactive ketones (excluding diaryl/α,β-unsaturated/α-hetero) is 1. The molecular weight excluding hydrogens is 152 g/mol. The lowest BCUT2D eigenvalue weighted by Gasteiger charge is -2.04. The third-order valence-corrected chi connectivity index (χ3v) is 1.85. The molecule has 0 aromatic carbocycles. The van der Waals surface area contributed by atoms with Gasteiger partial charge in [-0.25, -0.2) is 0 Å². The topological polar surface area (TPSA) is 41.8 Å². The summed E-state index contributed by atoms with van der Waals surface area (Å²) in [6, 6.07) is -0.0000926. The van der Waals surface area contributed by atoms with Crippen molar-refractivity contribution < 1.29 is 4.79 Å². The SMILES string of the molecule is CC1=CC(CC(=O)C(C)C)N=N1. The first-order valence-electron chi connectivity index (χ1n) is 4.21. The van der Waals surface area contributed by atoms with Gasteiger partial charge in [0.15, 0.2) is 0 Å². The first-order chi connectivity index (χ1) is 5.59. The number of carbonyl (C=O) groups is 1. The quantitative estimate of drug-likeness (QED) is 0.634. The van der Waals surface area contributed by atoms with E-state index in [1.165, 1.54) is 0 Å². The highest BCUT2D eigenvalue weighted by atomic mass is 16.1. The largest absolute Gasteiger partial charge is 0.299 e. The molecule has 0 N–H and O–H groups in total. The average molecular weight is 166 g/mol. The van der Waals surface area contributed by atoms with Crippen molar-refractivity contribution in [2.45, 2.75) is 33.2 Å². The second-order valence-corrected chi connectivity index (χ2v) is 3.42. The zero-order valence-corrected chi connectivity index (χ0v) is 7.74. The number of azo groups is 1. The molecule has 1 rings (SSSR count). The Bertz CT molecular complexity index is 241. The summed E-state index contributed by atoms with van der Waals surface area (Å²) in [6.07, 6.45) is 2.43. The van der Waals surface area contributed by atoms with Gasteiger partial charge in [0, 0.05) is 12.3 Å². The molecule has 0 bridgehead atoms. The van der Waals surface area contributed by atoms with Gasteiger partial charge in [-0.2, -0.15) is 10.2 Å². The first-order valence-corrected chi connectivity index (χ1v) is 4.21. The molecule has 0 saturated carbocycles. The molecule has 12 heavy (non-hydrogen) atoms. The lowest BCUT2D eigenvalue weighted by molar-refractivity contribution is -0.122. The number of carbonyl (C=O) groups excluding carboxylic acids is 1. The van der Waals surface area contributed by atoms with Crippen LogP contribution in [0.3, 0.4) is 0 Å². The lowest BCUT2D eigenvalue weighted by Crippen LogP contribution is -2.13. The molecule has 1 atom stereocenters. The van der Waals surface area contributed by atoms with E-state index in [1.54, 1.807) is 0 Å². The van der Waals surface area contributed by atoms with Crippen molar-refractivity contribution in [1.82, 2.24) is 0 Å². The number of rotatable bonds is 3. The Morgan fingerprint density at radius 3 is 2.75 bits per heavy atom. The fourth-order valence-electron chi connectivity index (χ4n) is 1.05. The normalized spacial score (nSPS) is 21.7. The zero-order valence-electron chi connectivity index (χ0n) is 7.74. The number of hydrogen-bond donors (Lipinski definition) is 0. The molecule has 0 aliphatic carbocycles. The number of nitrogens with zero attached hydrogens (tertiary/aromatic N) is 2. The van der Waals surface area contributed by atoms with Gasteiger partial charge in [0.05, 0.1) is 11.7 Å². The van der Waals surface area contributed by atoms with Gasteiger partial charge in [0.25, 0.3) is 0 Å². The van der Waals surface area contributed by atoms with Crippen LogP contribution in [0.1, 0.15) is 27.2 Å². The Morgan fingerprint density at radius 1 is 1.67 bits per heavy atom. The molecule has 0 fully saturated rings. The van der Waals surface area contributed by atoms with E-state index in [2.05, 4.69) is 10.2 Å². The molecule has 0 spiro atoms.